The first-order valence-corrected chi connectivity index (χ1v) is 6.83. The zero-order valence-electron chi connectivity index (χ0n) is 11.6. The lowest BCUT2D eigenvalue weighted by Crippen LogP contribution is -2.38. The van der Waals surface area contributed by atoms with Gasteiger partial charge < -0.3 is 9.88 Å². The van der Waals surface area contributed by atoms with E-state index < -0.39 is 12.7 Å². The van der Waals surface area contributed by atoms with Crippen LogP contribution < -0.4 is 0 Å². The Balaban J connectivity index is 1.86. The first-order chi connectivity index (χ1) is 9.94. The summed E-state index contributed by atoms with van der Waals surface area (Å²) in [6.07, 6.45) is 1.24. The number of carbonyl (C=O) groups excluding carboxylic acids is 1. The molecule has 0 atom stereocenters. The number of carbonyl (C=O) groups is 1. The average molecular weight is 301 g/mol. The van der Waals surface area contributed by atoms with Crippen molar-refractivity contribution >= 4 is 12.0 Å². The van der Waals surface area contributed by atoms with Crippen LogP contribution in [0.5, 0.6) is 0 Å². The molecule has 0 unspecified atom stereocenters. The third-order valence-electron chi connectivity index (χ3n) is 3.33. The van der Waals surface area contributed by atoms with Gasteiger partial charge in [-0.3, -0.25) is 9.69 Å². The molecular weight excluding hydrogens is 283 g/mol. The van der Waals surface area contributed by atoms with Gasteiger partial charge in [0, 0.05) is 44.1 Å². The molecule has 0 aliphatic carbocycles. The standard InChI is InChI=1S/C14H18F3N3O/c15-14(16,17)11-19-7-2-8-20(10-9-19)13(21)5-4-12-3-1-6-18-12/h1,3-6,18H,2,7-11H2. The lowest BCUT2D eigenvalue weighted by atomic mass is 10.3. The van der Waals surface area contributed by atoms with Gasteiger partial charge in [-0.1, -0.05) is 0 Å². The average Bonchev–Trinajstić information content (AvgIpc) is 2.81. The fraction of sp³-hybridized carbons (Fsp3) is 0.500. The van der Waals surface area contributed by atoms with Gasteiger partial charge in [0.25, 0.3) is 0 Å². The van der Waals surface area contributed by atoms with Crippen molar-refractivity contribution in [3.8, 4) is 0 Å². The van der Waals surface area contributed by atoms with Crippen LogP contribution >= 0.6 is 0 Å². The van der Waals surface area contributed by atoms with Gasteiger partial charge in [0.15, 0.2) is 0 Å². The smallest absolute Gasteiger partial charge is 0.362 e. The highest BCUT2D eigenvalue weighted by atomic mass is 19.4. The van der Waals surface area contributed by atoms with Crippen LogP contribution in [0.1, 0.15) is 12.1 Å². The van der Waals surface area contributed by atoms with Crippen molar-refractivity contribution in [3.05, 3.63) is 30.1 Å². The van der Waals surface area contributed by atoms with E-state index in [9.17, 15) is 18.0 Å². The molecule has 116 valence electrons. The zero-order valence-corrected chi connectivity index (χ0v) is 11.6. The van der Waals surface area contributed by atoms with Crippen LogP contribution in [0.25, 0.3) is 6.08 Å². The summed E-state index contributed by atoms with van der Waals surface area (Å²) in [5.41, 5.74) is 0.817. The van der Waals surface area contributed by atoms with Gasteiger partial charge in [0.1, 0.15) is 0 Å². The summed E-state index contributed by atoms with van der Waals surface area (Å²) in [6, 6.07) is 3.66. The Kier molecular flexibility index (Phi) is 5.06. The molecule has 7 heteroatoms. The maximum Gasteiger partial charge on any atom is 0.401 e. The van der Waals surface area contributed by atoms with Gasteiger partial charge in [-0.2, -0.15) is 13.2 Å². The third kappa shape index (κ3) is 5.26. The van der Waals surface area contributed by atoms with Crippen molar-refractivity contribution in [2.45, 2.75) is 12.6 Å². The molecule has 0 saturated carbocycles. The predicted octanol–water partition coefficient (Wildman–Crippen LogP) is 2.12. The summed E-state index contributed by atoms with van der Waals surface area (Å²) in [6.45, 7) is 0.519. The number of aromatic nitrogens is 1. The topological polar surface area (TPSA) is 39.3 Å². The summed E-state index contributed by atoms with van der Waals surface area (Å²) in [7, 11) is 0. The fourth-order valence-electron chi connectivity index (χ4n) is 2.32. The Bertz CT molecular complexity index is 482. The SMILES string of the molecule is O=C(C=Cc1ccc[nH]1)N1CCCN(CC(F)(F)F)CC1. The van der Waals surface area contributed by atoms with E-state index in [1.165, 1.54) is 11.0 Å². The Labute approximate surface area is 121 Å². The summed E-state index contributed by atoms with van der Waals surface area (Å²) < 4.78 is 37.1. The van der Waals surface area contributed by atoms with Crippen molar-refractivity contribution in [2.75, 3.05) is 32.7 Å². The van der Waals surface area contributed by atoms with Crippen LogP contribution in [0.15, 0.2) is 24.4 Å². The van der Waals surface area contributed by atoms with Crippen LogP contribution in [0.2, 0.25) is 0 Å². The summed E-state index contributed by atoms with van der Waals surface area (Å²) in [4.78, 5) is 17.9. The van der Waals surface area contributed by atoms with E-state index in [0.717, 1.165) is 5.69 Å². The molecule has 1 aliphatic heterocycles. The maximum atomic E-state index is 12.4. The van der Waals surface area contributed by atoms with Crippen molar-refractivity contribution in [1.82, 2.24) is 14.8 Å². The first-order valence-electron chi connectivity index (χ1n) is 6.83. The minimum absolute atomic E-state index is 0.168. The Morgan fingerprint density at radius 2 is 2.10 bits per heavy atom. The molecule has 1 aromatic heterocycles. The lowest BCUT2D eigenvalue weighted by molar-refractivity contribution is -0.145. The first kappa shape index (κ1) is 15.6. The number of aromatic amines is 1. The Morgan fingerprint density at radius 1 is 1.29 bits per heavy atom. The fourth-order valence-corrected chi connectivity index (χ4v) is 2.32. The van der Waals surface area contributed by atoms with E-state index in [1.807, 2.05) is 12.1 Å². The zero-order chi connectivity index (χ0) is 15.3. The normalized spacial score (nSPS) is 18.1. The maximum absolute atomic E-state index is 12.4. The van der Waals surface area contributed by atoms with E-state index in [4.69, 9.17) is 0 Å². The van der Waals surface area contributed by atoms with E-state index >= 15 is 0 Å². The van der Waals surface area contributed by atoms with Crippen LogP contribution in [0, 0.1) is 0 Å². The number of hydrogen-bond donors (Lipinski definition) is 1. The van der Waals surface area contributed by atoms with E-state index in [-0.39, 0.29) is 12.5 Å². The third-order valence-corrected chi connectivity index (χ3v) is 3.33. The minimum atomic E-state index is -4.19. The van der Waals surface area contributed by atoms with Crippen molar-refractivity contribution in [3.63, 3.8) is 0 Å². The van der Waals surface area contributed by atoms with Gasteiger partial charge >= 0.3 is 6.18 Å². The van der Waals surface area contributed by atoms with Crippen LogP contribution in [0.3, 0.4) is 0 Å². The number of rotatable bonds is 3. The second kappa shape index (κ2) is 6.80. The second-order valence-electron chi connectivity index (χ2n) is 5.03. The highest BCUT2D eigenvalue weighted by Crippen LogP contribution is 2.17. The van der Waals surface area contributed by atoms with Gasteiger partial charge in [0.05, 0.1) is 6.54 Å². The molecule has 1 saturated heterocycles. The molecule has 0 spiro atoms. The van der Waals surface area contributed by atoms with Crippen LogP contribution in [-0.2, 0) is 4.79 Å². The highest BCUT2D eigenvalue weighted by molar-refractivity contribution is 5.91. The van der Waals surface area contributed by atoms with E-state index in [2.05, 4.69) is 4.98 Å². The molecule has 1 fully saturated rings. The van der Waals surface area contributed by atoms with Gasteiger partial charge in [-0.05, 0) is 24.6 Å². The second-order valence-corrected chi connectivity index (χ2v) is 5.03. The summed E-state index contributed by atoms with van der Waals surface area (Å²) >= 11 is 0. The Morgan fingerprint density at radius 3 is 2.76 bits per heavy atom. The Hall–Kier alpha value is -1.76. The number of hydrogen-bond acceptors (Lipinski definition) is 2. The quantitative estimate of drug-likeness (QED) is 0.869. The number of amides is 1. The number of halogens is 3. The molecule has 0 radical (unpaired) electrons. The lowest BCUT2D eigenvalue weighted by Gasteiger charge is -2.22. The molecule has 4 nitrogen and oxygen atoms in total. The molecule has 21 heavy (non-hydrogen) atoms. The largest absolute Gasteiger partial charge is 0.401 e. The number of H-pyrrole nitrogens is 1. The molecule has 1 aliphatic rings. The summed E-state index contributed by atoms with van der Waals surface area (Å²) in [5, 5.41) is 0. The molecular formula is C14H18F3N3O. The van der Waals surface area contributed by atoms with E-state index in [1.54, 1.807) is 17.2 Å². The number of nitrogens with one attached hydrogen (secondary N) is 1. The van der Waals surface area contributed by atoms with Crippen molar-refractivity contribution in [2.24, 2.45) is 0 Å². The molecule has 1 amide bonds. The number of nitrogens with zero attached hydrogens (tertiary/aromatic N) is 2. The molecule has 0 aromatic carbocycles. The molecule has 0 bridgehead atoms. The van der Waals surface area contributed by atoms with Gasteiger partial charge in [-0.15, -0.1) is 0 Å². The van der Waals surface area contributed by atoms with E-state index in [0.29, 0.717) is 26.1 Å². The molecule has 2 heterocycles. The van der Waals surface area contributed by atoms with Crippen molar-refractivity contribution in [1.29, 1.82) is 0 Å². The summed E-state index contributed by atoms with van der Waals surface area (Å²) in [5.74, 6) is -0.168. The predicted molar refractivity (Wildman–Crippen MR) is 73.5 cm³/mol. The molecule has 2 rings (SSSR count). The van der Waals surface area contributed by atoms with Gasteiger partial charge in [0.2, 0.25) is 5.91 Å². The van der Waals surface area contributed by atoms with Crippen LogP contribution in [-0.4, -0.2) is 59.6 Å². The highest BCUT2D eigenvalue weighted by Gasteiger charge is 2.31. The molecule has 1 N–H and O–H groups in total. The minimum Gasteiger partial charge on any atom is -0.362 e. The van der Waals surface area contributed by atoms with Gasteiger partial charge in [-0.25, -0.2) is 0 Å². The monoisotopic (exact) mass is 301 g/mol. The number of alkyl halides is 3. The molecule has 1 aromatic rings. The van der Waals surface area contributed by atoms with Crippen molar-refractivity contribution < 1.29 is 18.0 Å². The van der Waals surface area contributed by atoms with Crippen LogP contribution in [0.4, 0.5) is 13.2 Å².